The average molecular weight is 392 g/mol. The van der Waals surface area contributed by atoms with Crippen LogP contribution < -0.4 is 5.32 Å². The van der Waals surface area contributed by atoms with Crippen LogP contribution in [0.5, 0.6) is 0 Å². The molecule has 0 aliphatic rings. The fourth-order valence-corrected chi connectivity index (χ4v) is 2.91. The first kappa shape index (κ1) is 21.0. The number of carbonyl (C=O) groups is 2. The number of esters is 1. The van der Waals surface area contributed by atoms with E-state index in [1.54, 1.807) is 11.6 Å². The van der Waals surface area contributed by atoms with Crippen LogP contribution in [-0.2, 0) is 22.5 Å². The van der Waals surface area contributed by atoms with Crippen LogP contribution in [0.2, 0.25) is 5.15 Å². The summed E-state index contributed by atoms with van der Waals surface area (Å²) in [6.45, 7) is 9.94. The molecule has 1 N–H and O–H groups in total. The Bertz CT molecular complexity index is 813. The molecular formula is C20H26ClN3O3. The lowest BCUT2D eigenvalue weighted by Crippen LogP contribution is -2.30. The quantitative estimate of drug-likeness (QED) is 0.716. The summed E-state index contributed by atoms with van der Waals surface area (Å²) in [7, 11) is 0. The lowest BCUT2D eigenvalue weighted by atomic mass is 10.1. The number of hydrogen-bond donors (Lipinski definition) is 1. The molecule has 0 spiro atoms. The molecule has 0 radical (unpaired) electrons. The van der Waals surface area contributed by atoms with Gasteiger partial charge >= 0.3 is 5.97 Å². The maximum absolute atomic E-state index is 12.5. The van der Waals surface area contributed by atoms with Gasteiger partial charge in [0.15, 0.2) is 6.10 Å². The summed E-state index contributed by atoms with van der Waals surface area (Å²) in [6.07, 6.45) is -0.0420. The Kier molecular flexibility index (Phi) is 7.02. The van der Waals surface area contributed by atoms with Crippen LogP contribution >= 0.6 is 11.6 Å². The smallest absolute Gasteiger partial charge is 0.343 e. The third-order valence-electron chi connectivity index (χ3n) is 4.09. The van der Waals surface area contributed by atoms with Crippen molar-refractivity contribution in [1.82, 2.24) is 9.78 Å². The number of ether oxygens (including phenoxy) is 1. The molecule has 2 rings (SSSR count). The Labute approximate surface area is 164 Å². The summed E-state index contributed by atoms with van der Waals surface area (Å²) in [5.74, 6) is -0.734. The third kappa shape index (κ3) is 5.32. The van der Waals surface area contributed by atoms with Crippen LogP contribution in [0.15, 0.2) is 24.3 Å². The number of rotatable bonds is 7. The van der Waals surface area contributed by atoms with E-state index in [1.807, 2.05) is 38.1 Å². The first-order valence-electron chi connectivity index (χ1n) is 9.06. The van der Waals surface area contributed by atoms with Crippen molar-refractivity contribution < 1.29 is 14.3 Å². The van der Waals surface area contributed by atoms with Crippen molar-refractivity contribution in [2.24, 2.45) is 5.92 Å². The van der Waals surface area contributed by atoms with Crippen molar-refractivity contribution in [3.05, 3.63) is 46.2 Å². The van der Waals surface area contributed by atoms with Crippen molar-refractivity contribution in [3.8, 4) is 0 Å². The molecule has 1 heterocycles. The van der Waals surface area contributed by atoms with Gasteiger partial charge in [-0.15, -0.1) is 0 Å². The van der Waals surface area contributed by atoms with Gasteiger partial charge in [0, 0.05) is 12.2 Å². The molecule has 0 saturated heterocycles. The predicted octanol–water partition coefficient (Wildman–Crippen LogP) is 4.25. The van der Waals surface area contributed by atoms with Crippen molar-refractivity contribution in [2.45, 2.75) is 53.7 Å². The Hall–Kier alpha value is -2.34. The highest BCUT2D eigenvalue weighted by molar-refractivity contribution is 6.32. The van der Waals surface area contributed by atoms with Crippen molar-refractivity contribution >= 4 is 29.2 Å². The fraction of sp³-hybridized carbons (Fsp3) is 0.450. The van der Waals surface area contributed by atoms with Crippen LogP contribution in [0.25, 0.3) is 0 Å². The average Bonchev–Trinajstić information content (AvgIpc) is 2.88. The Morgan fingerprint density at radius 3 is 2.41 bits per heavy atom. The van der Waals surface area contributed by atoms with Gasteiger partial charge in [0.25, 0.3) is 5.91 Å². The zero-order valence-electron chi connectivity index (χ0n) is 16.4. The largest absolute Gasteiger partial charge is 0.449 e. The summed E-state index contributed by atoms with van der Waals surface area (Å²) in [6, 6.07) is 7.53. The molecule has 146 valence electrons. The van der Waals surface area contributed by atoms with Crippen LogP contribution in [0, 0.1) is 12.8 Å². The van der Waals surface area contributed by atoms with Gasteiger partial charge in [-0.05, 0) is 43.9 Å². The van der Waals surface area contributed by atoms with E-state index in [0.29, 0.717) is 23.8 Å². The number of halogens is 1. The second-order valence-electron chi connectivity index (χ2n) is 6.91. The Morgan fingerprint density at radius 1 is 1.22 bits per heavy atom. The SMILES string of the molecule is CCc1ccc(NC(=O)[C@@H](C)OC(=O)c2c(C)nn(CC(C)C)c2Cl)cc1. The Morgan fingerprint density at radius 2 is 1.85 bits per heavy atom. The number of nitrogens with zero attached hydrogens (tertiary/aromatic N) is 2. The van der Waals surface area contributed by atoms with Gasteiger partial charge in [0.2, 0.25) is 0 Å². The normalized spacial score (nSPS) is 12.1. The molecule has 1 aromatic carbocycles. The highest BCUT2D eigenvalue weighted by atomic mass is 35.5. The minimum Gasteiger partial charge on any atom is -0.449 e. The van der Waals surface area contributed by atoms with E-state index in [1.165, 1.54) is 12.5 Å². The molecule has 0 fully saturated rings. The lowest BCUT2D eigenvalue weighted by Gasteiger charge is -2.14. The van der Waals surface area contributed by atoms with Crippen LogP contribution in [0.1, 0.15) is 49.3 Å². The van der Waals surface area contributed by atoms with Crippen LogP contribution in [0.4, 0.5) is 5.69 Å². The fourth-order valence-electron chi connectivity index (χ4n) is 2.59. The highest BCUT2D eigenvalue weighted by Gasteiger charge is 2.26. The minimum absolute atomic E-state index is 0.198. The zero-order chi connectivity index (χ0) is 20.1. The molecule has 7 heteroatoms. The van der Waals surface area contributed by atoms with E-state index in [9.17, 15) is 9.59 Å². The summed E-state index contributed by atoms with van der Waals surface area (Å²) in [5.41, 5.74) is 2.51. The molecule has 0 aliphatic carbocycles. The van der Waals surface area contributed by atoms with E-state index in [-0.39, 0.29) is 10.7 Å². The molecule has 6 nitrogen and oxygen atoms in total. The summed E-state index contributed by atoms with van der Waals surface area (Å²) in [5, 5.41) is 7.26. The third-order valence-corrected chi connectivity index (χ3v) is 4.47. The van der Waals surface area contributed by atoms with Gasteiger partial charge in [0.1, 0.15) is 10.7 Å². The first-order chi connectivity index (χ1) is 12.7. The number of benzene rings is 1. The van der Waals surface area contributed by atoms with Gasteiger partial charge in [-0.1, -0.05) is 44.5 Å². The summed E-state index contributed by atoms with van der Waals surface area (Å²) in [4.78, 5) is 24.8. The minimum atomic E-state index is -0.965. The number of hydrogen-bond acceptors (Lipinski definition) is 4. The van der Waals surface area contributed by atoms with Gasteiger partial charge in [-0.3, -0.25) is 9.48 Å². The lowest BCUT2D eigenvalue weighted by molar-refractivity contribution is -0.123. The number of amides is 1. The number of anilines is 1. The van der Waals surface area contributed by atoms with Crippen LogP contribution in [-0.4, -0.2) is 27.8 Å². The molecule has 2 aromatic rings. The van der Waals surface area contributed by atoms with Gasteiger partial charge in [0.05, 0.1) is 5.69 Å². The zero-order valence-corrected chi connectivity index (χ0v) is 17.1. The van der Waals surface area contributed by atoms with Crippen molar-refractivity contribution in [1.29, 1.82) is 0 Å². The molecule has 27 heavy (non-hydrogen) atoms. The van der Waals surface area contributed by atoms with E-state index >= 15 is 0 Å². The maximum atomic E-state index is 12.5. The van der Waals surface area contributed by atoms with Crippen molar-refractivity contribution in [3.63, 3.8) is 0 Å². The molecular weight excluding hydrogens is 366 g/mol. The molecule has 0 bridgehead atoms. The topological polar surface area (TPSA) is 73.2 Å². The van der Waals surface area contributed by atoms with Crippen molar-refractivity contribution in [2.75, 3.05) is 5.32 Å². The number of carbonyl (C=O) groups excluding carboxylic acids is 2. The second-order valence-corrected chi connectivity index (χ2v) is 7.27. The predicted molar refractivity (Wildman–Crippen MR) is 106 cm³/mol. The summed E-state index contributed by atoms with van der Waals surface area (Å²) < 4.78 is 6.89. The molecule has 0 saturated carbocycles. The second kappa shape index (κ2) is 9.04. The number of aromatic nitrogens is 2. The van der Waals surface area contributed by atoms with Gasteiger partial charge < -0.3 is 10.1 Å². The van der Waals surface area contributed by atoms with E-state index in [4.69, 9.17) is 16.3 Å². The number of aryl methyl sites for hydroxylation is 2. The van der Waals surface area contributed by atoms with E-state index < -0.39 is 18.0 Å². The monoisotopic (exact) mass is 391 g/mol. The van der Waals surface area contributed by atoms with Gasteiger partial charge in [-0.25, -0.2) is 4.79 Å². The molecule has 1 amide bonds. The highest BCUT2D eigenvalue weighted by Crippen LogP contribution is 2.22. The van der Waals surface area contributed by atoms with Gasteiger partial charge in [-0.2, -0.15) is 5.10 Å². The molecule has 1 aromatic heterocycles. The Balaban J connectivity index is 2.04. The molecule has 0 unspecified atom stereocenters. The molecule has 1 atom stereocenters. The molecule has 0 aliphatic heterocycles. The van der Waals surface area contributed by atoms with E-state index in [2.05, 4.69) is 17.3 Å². The number of nitrogens with one attached hydrogen (secondary N) is 1. The maximum Gasteiger partial charge on any atom is 0.343 e. The summed E-state index contributed by atoms with van der Waals surface area (Å²) >= 11 is 6.29. The first-order valence-corrected chi connectivity index (χ1v) is 9.44. The van der Waals surface area contributed by atoms with Crippen LogP contribution in [0.3, 0.4) is 0 Å². The van der Waals surface area contributed by atoms with E-state index in [0.717, 1.165) is 6.42 Å². The standard InChI is InChI=1S/C20H26ClN3O3/c1-6-15-7-9-16(10-8-15)22-19(25)14(5)27-20(26)17-13(4)23-24(18(17)21)11-12(2)3/h7-10,12,14H,6,11H2,1-5H3,(H,22,25)/t14-/m1/s1.